The summed E-state index contributed by atoms with van der Waals surface area (Å²) in [4.78, 5) is 0. The Morgan fingerprint density at radius 3 is 3.05 bits per heavy atom. The van der Waals surface area contributed by atoms with Gasteiger partial charge in [0.15, 0.2) is 0 Å². The highest BCUT2D eigenvalue weighted by atomic mass is 35.5. The van der Waals surface area contributed by atoms with Crippen LogP contribution in [0.1, 0.15) is 31.7 Å². The summed E-state index contributed by atoms with van der Waals surface area (Å²) in [7, 11) is 0. The zero-order valence-corrected chi connectivity index (χ0v) is 13.5. The van der Waals surface area contributed by atoms with E-state index in [1.54, 1.807) is 0 Å². The van der Waals surface area contributed by atoms with Crippen LogP contribution in [0.4, 0.5) is 0 Å². The Bertz CT molecular complexity index is 485. The lowest BCUT2D eigenvalue weighted by atomic mass is 9.72. The Hall–Kier alpha value is -0.220. The molecular formula is C16H22ClNOS. The Morgan fingerprint density at radius 1 is 1.50 bits per heavy atom. The number of benzene rings is 1. The molecular weight excluding hydrogens is 290 g/mol. The van der Waals surface area contributed by atoms with E-state index in [4.69, 9.17) is 22.1 Å². The zero-order chi connectivity index (χ0) is 14.2. The minimum atomic E-state index is -0.338. The van der Waals surface area contributed by atoms with Gasteiger partial charge in [-0.2, -0.15) is 11.8 Å². The minimum absolute atomic E-state index is 0.0762. The van der Waals surface area contributed by atoms with E-state index >= 15 is 0 Å². The second kappa shape index (κ2) is 5.53. The van der Waals surface area contributed by atoms with Crippen molar-refractivity contribution >= 4 is 23.4 Å². The number of nitrogens with two attached hydrogens (primary N) is 1. The fraction of sp³-hybridized carbons (Fsp3) is 0.625. The molecule has 110 valence electrons. The van der Waals surface area contributed by atoms with Crippen molar-refractivity contribution in [1.29, 1.82) is 0 Å². The van der Waals surface area contributed by atoms with Gasteiger partial charge < -0.3 is 10.5 Å². The normalized spacial score (nSPS) is 33.2. The van der Waals surface area contributed by atoms with E-state index in [9.17, 15) is 0 Å². The van der Waals surface area contributed by atoms with Crippen molar-refractivity contribution in [1.82, 2.24) is 0 Å². The molecule has 3 unspecified atom stereocenters. The molecule has 2 N–H and O–H groups in total. The number of ether oxygens (including phenoxy) is 1. The Kier molecular flexibility index (Phi) is 4.06. The zero-order valence-electron chi connectivity index (χ0n) is 11.9. The summed E-state index contributed by atoms with van der Waals surface area (Å²) in [6.07, 6.45) is 3.27. The summed E-state index contributed by atoms with van der Waals surface area (Å²) < 4.78 is 6.11. The van der Waals surface area contributed by atoms with Crippen molar-refractivity contribution in [3.05, 3.63) is 34.9 Å². The van der Waals surface area contributed by atoms with Gasteiger partial charge in [0.1, 0.15) is 0 Å². The molecule has 0 saturated carbocycles. The summed E-state index contributed by atoms with van der Waals surface area (Å²) in [6.45, 7) is 2.98. The molecule has 2 heterocycles. The van der Waals surface area contributed by atoms with E-state index in [1.165, 1.54) is 12.2 Å². The fourth-order valence-corrected chi connectivity index (χ4v) is 5.03. The molecule has 0 aromatic heterocycles. The Labute approximate surface area is 130 Å². The molecule has 0 aliphatic carbocycles. The van der Waals surface area contributed by atoms with Crippen molar-refractivity contribution < 1.29 is 4.74 Å². The molecule has 2 saturated heterocycles. The van der Waals surface area contributed by atoms with Crippen LogP contribution >= 0.6 is 23.4 Å². The number of rotatable bonds is 2. The highest BCUT2D eigenvalue weighted by Crippen LogP contribution is 2.45. The maximum Gasteiger partial charge on any atom is 0.0783 e. The van der Waals surface area contributed by atoms with Gasteiger partial charge in [0.25, 0.3) is 0 Å². The first kappa shape index (κ1) is 14.7. The van der Waals surface area contributed by atoms with Crippen LogP contribution in [-0.2, 0) is 10.3 Å². The largest absolute Gasteiger partial charge is 0.374 e. The third-order valence-corrected chi connectivity index (χ3v) is 6.31. The van der Waals surface area contributed by atoms with Crippen LogP contribution in [0.5, 0.6) is 0 Å². The number of halogens is 1. The third kappa shape index (κ3) is 2.74. The Morgan fingerprint density at radius 2 is 2.35 bits per heavy atom. The number of hydrogen-bond acceptors (Lipinski definition) is 3. The average Bonchev–Trinajstić information content (AvgIpc) is 2.87. The van der Waals surface area contributed by atoms with Crippen LogP contribution in [0.2, 0.25) is 5.02 Å². The van der Waals surface area contributed by atoms with Crippen molar-refractivity contribution in [2.75, 3.05) is 18.1 Å². The summed E-state index contributed by atoms with van der Waals surface area (Å²) >= 11 is 8.13. The van der Waals surface area contributed by atoms with E-state index in [1.807, 2.05) is 30.0 Å². The molecule has 1 aromatic carbocycles. The first-order valence-electron chi connectivity index (χ1n) is 7.29. The third-order valence-electron chi connectivity index (χ3n) is 4.85. The van der Waals surface area contributed by atoms with Crippen LogP contribution in [0.3, 0.4) is 0 Å². The maximum absolute atomic E-state index is 6.71. The lowest BCUT2D eigenvalue weighted by molar-refractivity contribution is -0.0917. The quantitative estimate of drug-likeness (QED) is 0.902. The topological polar surface area (TPSA) is 35.2 Å². The van der Waals surface area contributed by atoms with Gasteiger partial charge in [-0.15, -0.1) is 0 Å². The number of thioether (sulfide) groups is 1. The van der Waals surface area contributed by atoms with Crippen LogP contribution in [0, 0.1) is 5.92 Å². The molecule has 2 nitrogen and oxygen atoms in total. The van der Waals surface area contributed by atoms with E-state index in [-0.39, 0.29) is 11.1 Å². The summed E-state index contributed by atoms with van der Waals surface area (Å²) in [5.41, 5.74) is 7.59. The van der Waals surface area contributed by atoms with Gasteiger partial charge >= 0.3 is 0 Å². The first-order chi connectivity index (χ1) is 9.52. The van der Waals surface area contributed by atoms with Gasteiger partial charge in [-0.05, 0) is 55.6 Å². The molecule has 20 heavy (non-hydrogen) atoms. The SMILES string of the molecule is CC(N)(c1cccc(Cl)c1)C1CCOC2(CCSC2)C1. The molecule has 2 fully saturated rings. The predicted molar refractivity (Wildman–Crippen MR) is 86.3 cm³/mol. The molecule has 3 rings (SSSR count). The molecule has 2 aliphatic rings. The summed E-state index contributed by atoms with van der Waals surface area (Å²) in [6, 6.07) is 7.99. The molecule has 2 aliphatic heterocycles. The number of hydrogen-bond donors (Lipinski definition) is 1. The van der Waals surface area contributed by atoms with Gasteiger partial charge in [0.2, 0.25) is 0 Å². The first-order valence-corrected chi connectivity index (χ1v) is 8.82. The summed E-state index contributed by atoms with van der Waals surface area (Å²) in [5, 5.41) is 0.761. The lowest BCUT2D eigenvalue weighted by Gasteiger charge is -2.44. The van der Waals surface area contributed by atoms with Crippen LogP contribution in [-0.4, -0.2) is 23.7 Å². The van der Waals surface area contributed by atoms with Gasteiger partial charge in [0.05, 0.1) is 5.60 Å². The van der Waals surface area contributed by atoms with Crippen molar-refractivity contribution in [3.8, 4) is 0 Å². The van der Waals surface area contributed by atoms with Gasteiger partial charge in [-0.1, -0.05) is 23.7 Å². The van der Waals surface area contributed by atoms with Crippen molar-refractivity contribution in [2.45, 2.75) is 37.3 Å². The van der Waals surface area contributed by atoms with Gasteiger partial charge in [-0.3, -0.25) is 0 Å². The highest BCUT2D eigenvalue weighted by Gasteiger charge is 2.45. The van der Waals surface area contributed by atoms with E-state index in [2.05, 4.69) is 13.0 Å². The molecule has 3 atom stereocenters. The van der Waals surface area contributed by atoms with Gasteiger partial charge in [0, 0.05) is 22.9 Å². The summed E-state index contributed by atoms with van der Waals surface area (Å²) in [5.74, 6) is 2.79. The molecule has 0 bridgehead atoms. The second-order valence-corrected chi connectivity index (χ2v) is 7.86. The van der Waals surface area contributed by atoms with E-state index in [0.29, 0.717) is 5.92 Å². The van der Waals surface area contributed by atoms with Gasteiger partial charge in [-0.25, -0.2) is 0 Å². The lowest BCUT2D eigenvalue weighted by Crippen LogP contribution is -2.50. The molecule has 1 spiro atoms. The molecule has 0 amide bonds. The second-order valence-electron chi connectivity index (χ2n) is 6.32. The molecule has 4 heteroatoms. The highest BCUT2D eigenvalue weighted by molar-refractivity contribution is 7.99. The maximum atomic E-state index is 6.71. The van der Waals surface area contributed by atoms with Crippen LogP contribution < -0.4 is 5.73 Å². The van der Waals surface area contributed by atoms with Crippen LogP contribution in [0.15, 0.2) is 24.3 Å². The average molecular weight is 312 g/mol. The smallest absolute Gasteiger partial charge is 0.0783 e. The monoisotopic (exact) mass is 311 g/mol. The van der Waals surface area contributed by atoms with E-state index < -0.39 is 0 Å². The van der Waals surface area contributed by atoms with Crippen LogP contribution in [0.25, 0.3) is 0 Å². The standard InChI is InChI=1S/C16H22ClNOS/c1-15(18,12-3-2-4-14(17)9-12)13-5-7-19-16(10-13)6-8-20-11-16/h2-4,9,13H,5-8,10-11,18H2,1H3. The van der Waals surface area contributed by atoms with E-state index in [0.717, 1.165) is 35.8 Å². The molecule has 0 radical (unpaired) electrons. The minimum Gasteiger partial charge on any atom is -0.374 e. The Balaban J connectivity index is 1.83. The van der Waals surface area contributed by atoms with Crippen molar-refractivity contribution in [3.63, 3.8) is 0 Å². The molecule has 1 aromatic rings. The van der Waals surface area contributed by atoms with Crippen molar-refractivity contribution in [2.24, 2.45) is 11.7 Å². The fourth-order valence-electron chi connectivity index (χ4n) is 3.46. The predicted octanol–water partition coefficient (Wildman–Crippen LogP) is 3.82.